The molecule has 0 fully saturated rings. The maximum absolute atomic E-state index is 5.51. The monoisotopic (exact) mass is 380 g/mol. The van der Waals surface area contributed by atoms with Gasteiger partial charge in [-0.2, -0.15) is 0 Å². The number of benzene rings is 2. The molecule has 0 N–H and O–H groups in total. The second kappa shape index (κ2) is 9.67. The molecule has 4 heteroatoms. The van der Waals surface area contributed by atoms with E-state index in [9.17, 15) is 0 Å². The summed E-state index contributed by atoms with van der Waals surface area (Å²) >= 11 is 1.72. The summed E-state index contributed by atoms with van der Waals surface area (Å²) in [7, 11) is 3.89. The fourth-order valence-corrected chi connectivity index (χ4v) is 4.01. The van der Waals surface area contributed by atoms with E-state index in [1.807, 2.05) is 18.2 Å². The van der Waals surface area contributed by atoms with Gasteiger partial charge in [0.05, 0.1) is 12.8 Å². The molecule has 27 heavy (non-hydrogen) atoms. The summed E-state index contributed by atoms with van der Waals surface area (Å²) in [4.78, 5) is 7.23. The Balaban J connectivity index is 1.75. The fraction of sp³-hybridized carbons (Fsp3) is 0.348. The zero-order chi connectivity index (χ0) is 19.1. The highest BCUT2D eigenvalue weighted by atomic mass is 32.1. The molecule has 0 unspecified atom stereocenters. The van der Waals surface area contributed by atoms with Crippen LogP contribution in [0.15, 0.2) is 53.9 Å². The van der Waals surface area contributed by atoms with Gasteiger partial charge in [0.2, 0.25) is 0 Å². The van der Waals surface area contributed by atoms with Crippen LogP contribution in [0.4, 0.5) is 0 Å². The maximum Gasteiger partial charge on any atom is 0.126 e. The molecule has 0 aliphatic heterocycles. The second-order valence-electron chi connectivity index (χ2n) is 6.87. The van der Waals surface area contributed by atoms with Gasteiger partial charge in [0, 0.05) is 23.1 Å². The van der Waals surface area contributed by atoms with E-state index in [1.165, 1.54) is 19.3 Å². The van der Waals surface area contributed by atoms with Crippen molar-refractivity contribution in [3.05, 3.63) is 59.6 Å². The first-order valence-corrected chi connectivity index (χ1v) is 10.5. The van der Waals surface area contributed by atoms with E-state index in [2.05, 4.69) is 54.6 Å². The predicted molar refractivity (Wildman–Crippen MR) is 115 cm³/mol. The zero-order valence-corrected chi connectivity index (χ0v) is 17.3. The molecule has 3 aromatic rings. The van der Waals surface area contributed by atoms with Crippen molar-refractivity contribution in [3.63, 3.8) is 0 Å². The van der Waals surface area contributed by atoms with Crippen LogP contribution in [0.2, 0.25) is 0 Å². The number of ether oxygens (including phenoxy) is 1. The van der Waals surface area contributed by atoms with E-state index >= 15 is 0 Å². The van der Waals surface area contributed by atoms with E-state index in [0.717, 1.165) is 46.2 Å². The quantitative estimate of drug-likeness (QED) is 0.419. The van der Waals surface area contributed by atoms with Gasteiger partial charge in [-0.15, -0.1) is 11.3 Å². The number of rotatable bonds is 9. The highest BCUT2D eigenvalue weighted by Gasteiger charge is 2.10. The number of nitrogens with zero attached hydrogens (tertiary/aromatic N) is 2. The van der Waals surface area contributed by atoms with Crippen molar-refractivity contribution in [1.29, 1.82) is 0 Å². The molecule has 0 aliphatic rings. The van der Waals surface area contributed by atoms with Crippen molar-refractivity contribution in [2.45, 2.75) is 32.7 Å². The SMILES string of the molecule is CCCCCN(C)Cc1csc(-c2cccc(-c3ccccc3OC)c2)n1. The van der Waals surface area contributed by atoms with Crippen LogP contribution in [-0.4, -0.2) is 30.6 Å². The first-order chi connectivity index (χ1) is 13.2. The van der Waals surface area contributed by atoms with Gasteiger partial charge in [0.1, 0.15) is 10.8 Å². The summed E-state index contributed by atoms with van der Waals surface area (Å²) in [5.74, 6) is 0.892. The average molecular weight is 381 g/mol. The minimum Gasteiger partial charge on any atom is -0.496 e. The standard InChI is InChI=1S/C23H28N2OS/c1-4-5-8-14-25(2)16-20-17-27-23(24-20)19-11-9-10-18(15-19)21-12-6-7-13-22(21)26-3/h6-7,9-13,15,17H,4-5,8,14,16H2,1-3H3. The number of hydrogen-bond donors (Lipinski definition) is 0. The number of para-hydroxylation sites is 1. The van der Waals surface area contributed by atoms with Gasteiger partial charge in [-0.25, -0.2) is 4.98 Å². The van der Waals surface area contributed by atoms with Crippen molar-refractivity contribution in [3.8, 4) is 27.4 Å². The lowest BCUT2D eigenvalue weighted by atomic mass is 10.0. The van der Waals surface area contributed by atoms with E-state index in [0.29, 0.717) is 0 Å². The van der Waals surface area contributed by atoms with Gasteiger partial charge < -0.3 is 9.64 Å². The molecule has 3 rings (SSSR count). The van der Waals surface area contributed by atoms with Crippen molar-refractivity contribution in [2.24, 2.45) is 0 Å². The lowest BCUT2D eigenvalue weighted by Gasteiger charge is -2.14. The molecule has 0 radical (unpaired) electrons. The zero-order valence-electron chi connectivity index (χ0n) is 16.4. The fourth-order valence-electron chi connectivity index (χ4n) is 3.20. The lowest BCUT2D eigenvalue weighted by Crippen LogP contribution is -2.19. The van der Waals surface area contributed by atoms with Crippen LogP contribution in [0.25, 0.3) is 21.7 Å². The molecule has 1 heterocycles. The number of unbranched alkanes of at least 4 members (excludes halogenated alkanes) is 2. The van der Waals surface area contributed by atoms with Crippen LogP contribution in [0.5, 0.6) is 5.75 Å². The minimum atomic E-state index is 0.892. The average Bonchev–Trinajstić information content (AvgIpc) is 3.16. The van der Waals surface area contributed by atoms with E-state index < -0.39 is 0 Å². The van der Waals surface area contributed by atoms with Crippen molar-refractivity contribution < 1.29 is 4.74 Å². The summed E-state index contributed by atoms with van der Waals surface area (Å²) in [5.41, 5.74) is 4.56. The van der Waals surface area contributed by atoms with Crippen LogP contribution < -0.4 is 4.74 Å². The summed E-state index contributed by atoms with van der Waals surface area (Å²) in [5, 5.41) is 3.25. The summed E-state index contributed by atoms with van der Waals surface area (Å²) < 4.78 is 5.51. The Morgan fingerprint density at radius 3 is 2.67 bits per heavy atom. The maximum atomic E-state index is 5.51. The molecule has 0 saturated heterocycles. The molecule has 0 spiro atoms. The third-order valence-corrected chi connectivity index (χ3v) is 5.59. The minimum absolute atomic E-state index is 0.892. The Kier molecular flexibility index (Phi) is 7.02. The van der Waals surface area contributed by atoms with E-state index in [4.69, 9.17) is 9.72 Å². The molecule has 2 aromatic carbocycles. The topological polar surface area (TPSA) is 25.4 Å². The molecule has 142 valence electrons. The first kappa shape index (κ1) is 19.6. The van der Waals surface area contributed by atoms with Gasteiger partial charge >= 0.3 is 0 Å². The summed E-state index contributed by atoms with van der Waals surface area (Å²) in [6, 6.07) is 16.7. The molecule has 0 saturated carbocycles. The van der Waals surface area contributed by atoms with Crippen molar-refractivity contribution in [2.75, 3.05) is 20.7 Å². The Bertz CT molecular complexity index is 859. The second-order valence-corrected chi connectivity index (χ2v) is 7.73. The molecule has 0 aliphatic carbocycles. The van der Waals surface area contributed by atoms with Crippen LogP contribution in [0.3, 0.4) is 0 Å². The van der Waals surface area contributed by atoms with Crippen LogP contribution >= 0.6 is 11.3 Å². The lowest BCUT2D eigenvalue weighted by molar-refractivity contribution is 0.315. The molecule has 0 amide bonds. The summed E-state index contributed by atoms with van der Waals surface area (Å²) in [6.07, 6.45) is 3.81. The van der Waals surface area contributed by atoms with Gasteiger partial charge in [0.15, 0.2) is 0 Å². The molecule has 0 atom stereocenters. The molecular formula is C23H28N2OS. The third-order valence-electron chi connectivity index (χ3n) is 4.65. The number of hydrogen-bond acceptors (Lipinski definition) is 4. The van der Waals surface area contributed by atoms with Gasteiger partial charge in [-0.3, -0.25) is 0 Å². The van der Waals surface area contributed by atoms with Crippen molar-refractivity contribution in [1.82, 2.24) is 9.88 Å². The predicted octanol–water partition coefficient (Wildman–Crippen LogP) is 6.11. The Labute approximate surface area is 166 Å². The Morgan fingerprint density at radius 1 is 1.04 bits per heavy atom. The molecule has 0 bridgehead atoms. The molecule has 3 nitrogen and oxygen atoms in total. The summed E-state index contributed by atoms with van der Waals surface area (Å²) in [6.45, 7) is 4.28. The van der Waals surface area contributed by atoms with Gasteiger partial charge in [-0.1, -0.05) is 56.2 Å². The van der Waals surface area contributed by atoms with Crippen LogP contribution in [0, 0.1) is 0 Å². The van der Waals surface area contributed by atoms with Crippen LogP contribution in [-0.2, 0) is 6.54 Å². The van der Waals surface area contributed by atoms with Crippen molar-refractivity contribution >= 4 is 11.3 Å². The first-order valence-electron chi connectivity index (χ1n) is 9.58. The number of thiazole rings is 1. The number of methoxy groups -OCH3 is 1. The van der Waals surface area contributed by atoms with Crippen LogP contribution in [0.1, 0.15) is 31.9 Å². The highest BCUT2D eigenvalue weighted by Crippen LogP contribution is 2.33. The van der Waals surface area contributed by atoms with Gasteiger partial charge in [-0.05, 0) is 37.7 Å². The van der Waals surface area contributed by atoms with E-state index in [-0.39, 0.29) is 0 Å². The smallest absolute Gasteiger partial charge is 0.126 e. The largest absolute Gasteiger partial charge is 0.496 e. The number of aromatic nitrogens is 1. The normalized spacial score (nSPS) is 11.1. The molecule has 1 aromatic heterocycles. The Morgan fingerprint density at radius 2 is 1.85 bits per heavy atom. The highest BCUT2D eigenvalue weighted by molar-refractivity contribution is 7.13. The Hall–Kier alpha value is -2.17. The van der Waals surface area contributed by atoms with Gasteiger partial charge in [0.25, 0.3) is 0 Å². The molecular weight excluding hydrogens is 352 g/mol. The third kappa shape index (κ3) is 5.18. The van der Waals surface area contributed by atoms with E-state index in [1.54, 1.807) is 18.4 Å².